The summed E-state index contributed by atoms with van der Waals surface area (Å²) < 4.78 is 30.4. The van der Waals surface area contributed by atoms with Crippen molar-refractivity contribution in [2.24, 2.45) is 0 Å². The molecule has 0 radical (unpaired) electrons. The van der Waals surface area contributed by atoms with Crippen LogP contribution in [-0.4, -0.2) is 52.5 Å². The maximum atomic E-state index is 11.3. The standard InChI is InChI=1S/C14H30O9S/c1-2-3-4-5-6-7-8-9-10-11-12-22-24(20,21)23-14(18,19)13(15,16)17/h15-19H,2-12H2,1H3. The Labute approximate surface area is 143 Å². The van der Waals surface area contributed by atoms with Crippen LogP contribution in [0.15, 0.2) is 0 Å². The lowest BCUT2D eigenvalue weighted by atomic mass is 10.1. The molecule has 0 aromatic heterocycles. The van der Waals surface area contributed by atoms with Gasteiger partial charge in [-0.15, -0.1) is 0 Å². The van der Waals surface area contributed by atoms with Crippen LogP contribution in [0.25, 0.3) is 0 Å². The van der Waals surface area contributed by atoms with Crippen molar-refractivity contribution in [2.75, 3.05) is 6.61 Å². The first-order chi connectivity index (χ1) is 11.0. The summed E-state index contributed by atoms with van der Waals surface area (Å²) in [5, 5.41) is 43.4. The minimum Gasteiger partial charge on any atom is -0.337 e. The van der Waals surface area contributed by atoms with Crippen LogP contribution in [0.5, 0.6) is 0 Å². The SMILES string of the molecule is CCCCCCCCCCCCOS(=O)(=O)OC(O)(O)C(O)(O)O. The van der Waals surface area contributed by atoms with Crippen molar-refractivity contribution in [1.29, 1.82) is 0 Å². The predicted molar refractivity (Wildman–Crippen MR) is 84.4 cm³/mol. The Morgan fingerprint density at radius 1 is 0.750 bits per heavy atom. The molecule has 0 amide bonds. The van der Waals surface area contributed by atoms with Gasteiger partial charge in [-0.3, -0.25) is 0 Å². The molecule has 0 aromatic carbocycles. The minimum absolute atomic E-state index is 0.260. The van der Waals surface area contributed by atoms with Crippen LogP contribution in [0.4, 0.5) is 0 Å². The maximum Gasteiger partial charge on any atom is 0.404 e. The second kappa shape index (κ2) is 11.3. The van der Waals surface area contributed by atoms with Gasteiger partial charge in [-0.1, -0.05) is 64.7 Å². The molecule has 0 unspecified atom stereocenters. The first-order valence-electron chi connectivity index (χ1n) is 8.23. The molecule has 0 saturated heterocycles. The summed E-state index contributed by atoms with van der Waals surface area (Å²) in [4.78, 5) is 0. The summed E-state index contributed by atoms with van der Waals surface area (Å²) in [5.74, 6) is -8.32. The average Bonchev–Trinajstić information content (AvgIpc) is 2.42. The number of hydrogen-bond donors (Lipinski definition) is 5. The number of rotatable bonds is 15. The minimum atomic E-state index is -4.91. The summed E-state index contributed by atoms with van der Waals surface area (Å²) in [6.07, 6.45) is 10.4. The Kier molecular flexibility index (Phi) is 11.2. The molecule has 0 atom stereocenters. The second-order valence-electron chi connectivity index (χ2n) is 5.74. The summed E-state index contributed by atoms with van der Waals surface area (Å²) in [6.45, 7) is 1.91. The van der Waals surface area contributed by atoms with Crippen molar-refractivity contribution in [3.63, 3.8) is 0 Å². The normalized spacial score (nSPS) is 13.4. The maximum absolute atomic E-state index is 11.3. The van der Waals surface area contributed by atoms with E-state index in [9.17, 15) is 8.42 Å². The van der Waals surface area contributed by atoms with E-state index >= 15 is 0 Å². The van der Waals surface area contributed by atoms with Crippen LogP contribution in [0, 0.1) is 0 Å². The van der Waals surface area contributed by atoms with Crippen molar-refractivity contribution in [2.45, 2.75) is 83.1 Å². The van der Waals surface area contributed by atoms with E-state index in [4.69, 9.17) is 25.5 Å². The molecule has 0 heterocycles. The quantitative estimate of drug-likeness (QED) is 0.203. The van der Waals surface area contributed by atoms with Crippen LogP contribution in [0.2, 0.25) is 0 Å². The molecule has 0 rings (SSSR count). The third-order valence-corrected chi connectivity index (χ3v) is 4.27. The predicted octanol–water partition coefficient (Wildman–Crippen LogP) is 0.454. The second-order valence-corrected chi connectivity index (χ2v) is 6.96. The summed E-state index contributed by atoms with van der Waals surface area (Å²) in [5.41, 5.74) is 0. The topological polar surface area (TPSA) is 154 Å². The van der Waals surface area contributed by atoms with E-state index in [0.29, 0.717) is 6.42 Å². The van der Waals surface area contributed by atoms with Gasteiger partial charge >= 0.3 is 22.3 Å². The average molecular weight is 374 g/mol. The fourth-order valence-electron chi connectivity index (χ4n) is 1.97. The van der Waals surface area contributed by atoms with Gasteiger partial charge in [0.1, 0.15) is 0 Å². The van der Waals surface area contributed by atoms with Crippen molar-refractivity contribution >= 4 is 10.4 Å². The lowest BCUT2D eigenvalue weighted by molar-refractivity contribution is -0.502. The Balaban J connectivity index is 3.73. The third kappa shape index (κ3) is 11.3. The molecular formula is C14H30O9S. The zero-order valence-corrected chi connectivity index (χ0v) is 14.9. The molecule has 24 heavy (non-hydrogen) atoms. The third-order valence-electron chi connectivity index (χ3n) is 3.38. The van der Waals surface area contributed by atoms with E-state index in [1.807, 2.05) is 0 Å². The molecule has 9 nitrogen and oxygen atoms in total. The van der Waals surface area contributed by atoms with E-state index in [2.05, 4.69) is 15.3 Å². The smallest absolute Gasteiger partial charge is 0.337 e. The van der Waals surface area contributed by atoms with E-state index in [1.165, 1.54) is 32.1 Å². The van der Waals surface area contributed by atoms with E-state index in [0.717, 1.165) is 25.7 Å². The van der Waals surface area contributed by atoms with Crippen LogP contribution < -0.4 is 0 Å². The highest BCUT2D eigenvalue weighted by Crippen LogP contribution is 2.19. The zero-order valence-electron chi connectivity index (χ0n) is 14.1. The van der Waals surface area contributed by atoms with Crippen molar-refractivity contribution in [1.82, 2.24) is 0 Å². The van der Waals surface area contributed by atoms with Gasteiger partial charge in [-0.05, 0) is 6.42 Å². The molecule has 0 spiro atoms. The molecule has 0 bridgehead atoms. The number of aliphatic hydroxyl groups is 5. The largest absolute Gasteiger partial charge is 0.404 e. The summed E-state index contributed by atoms with van der Waals surface area (Å²) in [7, 11) is -4.91. The molecule has 5 N–H and O–H groups in total. The van der Waals surface area contributed by atoms with Gasteiger partial charge in [0.05, 0.1) is 6.61 Å². The molecule has 0 aliphatic rings. The van der Waals surface area contributed by atoms with Crippen LogP contribution in [0.1, 0.15) is 71.1 Å². The fraction of sp³-hybridized carbons (Fsp3) is 1.00. The van der Waals surface area contributed by atoms with Gasteiger partial charge in [0, 0.05) is 0 Å². The van der Waals surface area contributed by atoms with Crippen molar-refractivity contribution < 1.29 is 42.3 Å². The molecule has 0 fully saturated rings. The molecule has 0 aliphatic heterocycles. The molecule has 0 aliphatic carbocycles. The van der Waals surface area contributed by atoms with Crippen LogP contribution >= 0.6 is 0 Å². The fourth-order valence-corrected chi connectivity index (χ4v) is 2.74. The van der Waals surface area contributed by atoms with E-state index < -0.39 is 22.3 Å². The Morgan fingerprint density at radius 3 is 1.58 bits per heavy atom. The summed E-state index contributed by atoms with van der Waals surface area (Å²) >= 11 is 0. The van der Waals surface area contributed by atoms with Gasteiger partial charge in [-0.25, -0.2) is 4.18 Å². The van der Waals surface area contributed by atoms with Gasteiger partial charge in [0.2, 0.25) is 0 Å². The molecule has 10 heteroatoms. The Hall–Kier alpha value is -0.330. The van der Waals surface area contributed by atoms with Gasteiger partial charge in [0.15, 0.2) is 0 Å². The first kappa shape index (κ1) is 23.7. The van der Waals surface area contributed by atoms with Gasteiger partial charge in [0.25, 0.3) is 0 Å². The monoisotopic (exact) mass is 374 g/mol. The zero-order chi connectivity index (χ0) is 18.7. The Bertz CT molecular complexity index is 414. The number of unbranched alkanes of at least 4 members (excludes halogenated alkanes) is 9. The van der Waals surface area contributed by atoms with E-state index in [-0.39, 0.29) is 6.61 Å². The van der Waals surface area contributed by atoms with Crippen molar-refractivity contribution in [3.8, 4) is 0 Å². The molecular weight excluding hydrogens is 344 g/mol. The van der Waals surface area contributed by atoms with Gasteiger partial charge in [-0.2, -0.15) is 12.6 Å². The summed E-state index contributed by atoms with van der Waals surface area (Å²) in [6, 6.07) is 0. The molecule has 0 saturated carbocycles. The Morgan fingerprint density at radius 2 is 1.17 bits per heavy atom. The first-order valence-corrected chi connectivity index (χ1v) is 9.57. The lowest BCUT2D eigenvalue weighted by Crippen LogP contribution is -2.57. The molecule has 146 valence electrons. The highest BCUT2D eigenvalue weighted by Gasteiger charge is 2.52. The van der Waals surface area contributed by atoms with Crippen LogP contribution in [-0.2, 0) is 18.8 Å². The highest BCUT2D eigenvalue weighted by molar-refractivity contribution is 7.81. The lowest BCUT2D eigenvalue weighted by Gasteiger charge is -2.27. The molecule has 0 aromatic rings. The number of hydrogen-bond acceptors (Lipinski definition) is 9. The van der Waals surface area contributed by atoms with Gasteiger partial charge < -0.3 is 25.5 Å². The highest BCUT2D eigenvalue weighted by atomic mass is 32.3. The van der Waals surface area contributed by atoms with Crippen LogP contribution in [0.3, 0.4) is 0 Å². The van der Waals surface area contributed by atoms with E-state index in [1.54, 1.807) is 0 Å². The van der Waals surface area contributed by atoms with Crippen molar-refractivity contribution in [3.05, 3.63) is 0 Å².